The van der Waals surface area contributed by atoms with Crippen LogP contribution in [0, 0.1) is 11.3 Å². The van der Waals surface area contributed by atoms with Gasteiger partial charge in [0.25, 0.3) is 0 Å². The van der Waals surface area contributed by atoms with Crippen LogP contribution in [-0.2, 0) is 12.1 Å². The topological polar surface area (TPSA) is 116 Å². The highest BCUT2D eigenvalue weighted by molar-refractivity contribution is 7.15. The van der Waals surface area contributed by atoms with E-state index in [4.69, 9.17) is 9.72 Å². The number of fused-ring (bicyclic) bond motifs is 3. The Hall–Kier alpha value is -4.37. The highest BCUT2D eigenvalue weighted by atomic mass is 32.1. The molecule has 212 valence electrons. The normalized spacial score (nSPS) is 18.6. The molecule has 5 aromatic heterocycles. The number of anilines is 1. The number of hydrogen-bond donors (Lipinski definition) is 1. The molecule has 3 aliphatic rings. The van der Waals surface area contributed by atoms with Crippen LogP contribution in [0.1, 0.15) is 36.3 Å². The number of nitriles is 1. The zero-order chi connectivity index (χ0) is 29.0. The van der Waals surface area contributed by atoms with E-state index in [0.717, 1.165) is 57.5 Å². The molecule has 2 atom stereocenters. The molecule has 11 heteroatoms. The molecular weight excluding hydrogens is 548 g/mol. The summed E-state index contributed by atoms with van der Waals surface area (Å²) in [6.45, 7) is 6.25. The van der Waals surface area contributed by atoms with Gasteiger partial charge in [-0.05, 0) is 44.0 Å². The van der Waals surface area contributed by atoms with Crippen molar-refractivity contribution in [2.75, 3.05) is 25.1 Å². The van der Waals surface area contributed by atoms with E-state index in [2.05, 4.69) is 49.1 Å². The van der Waals surface area contributed by atoms with Crippen molar-refractivity contribution in [3.05, 3.63) is 77.3 Å². The molecule has 8 heterocycles. The van der Waals surface area contributed by atoms with Crippen molar-refractivity contribution in [3.8, 4) is 33.6 Å². The maximum atomic E-state index is 10.4. The second-order valence-corrected chi connectivity index (χ2v) is 12.5. The van der Waals surface area contributed by atoms with E-state index in [0.29, 0.717) is 23.5 Å². The zero-order valence-corrected chi connectivity index (χ0v) is 24.4. The van der Waals surface area contributed by atoms with Crippen molar-refractivity contribution in [2.45, 2.75) is 44.5 Å². The van der Waals surface area contributed by atoms with Crippen molar-refractivity contribution < 1.29 is 9.84 Å². The Balaban J connectivity index is 1.13. The molecule has 1 N–H and O–H groups in total. The smallest absolute Gasteiger partial charge is 0.212 e. The fourth-order valence-electron chi connectivity index (χ4n) is 5.93. The van der Waals surface area contributed by atoms with E-state index in [-0.39, 0.29) is 0 Å². The molecule has 0 radical (unpaired) electrons. The number of methoxy groups -OCH3 is 1. The number of aromatic nitrogens is 5. The van der Waals surface area contributed by atoms with Crippen LogP contribution in [0.15, 0.2) is 61.3 Å². The van der Waals surface area contributed by atoms with Gasteiger partial charge in [0.05, 0.1) is 34.9 Å². The second kappa shape index (κ2) is 10.2. The van der Waals surface area contributed by atoms with Gasteiger partial charge in [-0.2, -0.15) is 10.4 Å². The standard InChI is InChI=1S/C31H30N8O2S/c1-31(2,40)26-14-35-30(42-26)21-8-25(29-22(10-32)13-36-39(29)16-21)20-5-6-27(33-12-20)37-17-23-9-24(18-37)38(23)15-19-4-7-28(41-3)34-11-19/h4-8,11-14,16,23-24,40H,9,15,17-18H2,1-3H3. The molecule has 42 heavy (non-hydrogen) atoms. The lowest BCUT2D eigenvalue weighted by Crippen LogP contribution is -2.68. The van der Waals surface area contributed by atoms with E-state index in [1.165, 1.54) is 23.3 Å². The summed E-state index contributed by atoms with van der Waals surface area (Å²) in [4.78, 5) is 19.5. The minimum absolute atomic E-state index is 0.487. The Bertz CT molecular complexity index is 1790. The summed E-state index contributed by atoms with van der Waals surface area (Å²) in [7, 11) is 1.63. The van der Waals surface area contributed by atoms with Crippen LogP contribution in [0.3, 0.4) is 0 Å². The van der Waals surface area contributed by atoms with Crippen LogP contribution in [0.4, 0.5) is 5.82 Å². The average molecular weight is 579 g/mol. The number of rotatable bonds is 7. The number of ether oxygens (including phenoxy) is 1. The molecule has 5 aromatic rings. The van der Waals surface area contributed by atoms with E-state index in [1.54, 1.807) is 37.9 Å². The summed E-state index contributed by atoms with van der Waals surface area (Å²) >= 11 is 1.44. The average Bonchev–Trinajstić information content (AvgIpc) is 3.68. The van der Waals surface area contributed by atoms with Crippen LogP contribution in [0.25, 0.3) is 27.2 Å². The summed E-state index contributed by atoms with van der Waals surface area (Å²) < 4.78 is 6.92. The summed E-state index contributed by atoms with van der Waals surface area (Å²) in [6, 6.07) is 13.4. The van der Waals surface area contributed by atoms with Crippen LogP contribution < -0.4 is 9.64 Å². The molecule has 0 spiro atoms. The predicted molar refractivity (Wildman–Crippen MR) is 160 cm³/mol. The van der Waals surface area contributed by atoms with Crippen molar-refractivity contribution in [1.82, 2.24) is 29.5 Å². The van der Waals surface area contributed by atoms with Gasteiger partial charge in [-0.1, -0.05) is 6.07 Å². The molecule has 2 bridgehead atoms. The number of piperidine rings is 1. The van der Waals surface area contributed by atoms with Gasteiger partial charge in [0, 0.05) is 79.3 Å². The molecule has 0 amide bonds. The Kier molecular flexibility index (Phi) is 6.42. The quantitative estimate of drug-likeness (QED) is 0.298. The number of pyridine rings is 3. The van der Waals surface area contributed by atoms with Gasteiger partial charge in [-0.15, -0.1) is 11.3 Å². The zero-order valence-electron chi connectivity index (χ0n) is 23.6. The van der Waals surface area contributed by atoms with Crippen molar-refractivity contribution >= 4 is 22.7 Å². The van der Waals surface area contributed by atoms with Crippen LogP contribution >= 0.6 is 11.3 Å². The van der Waals surface area contributed by atoms with Crippen LogP contribution in [-0.4, -0.2) is 66.9 Å². The van der Waals surface area contributed by atoms with E-state index in [9.17, 15) is 10.4 Å². The Labute approximate surface area is 247 Å². The van der Waals surface area contributed by atoms with Crippen LogP contribution in [0.2, 0.25) is 0 Å². The monoisotopic (exact) mass is 578 g/mol. The Morgan fingerprint density at radius 3 is 2.52 bits per heavy atom. The number of hydrogen-bond acceptors (Lipinski definition) is 10. The Morgan fingerprint density at radius 1 is 1.05 bits per heavy atom. The third-order valence-electron chi connectivity index (χ3n) is 8.19. The lowest BCUT2D eigenvalue weighted by Gasteiger charge is -2.56. The first-order valence-corrected chi connectivity index (χ1v) is 14.7. The predicted octanol–water partition coefficient (Wildman–Crippen LogP) is 4.49. The molecule has 0 aliphatic carbocycles. The molecule has 0 aromatic carbocycles. The van der Waals surface area contributed by atoms with E-state index in [1.807, 2.05) is 30.7 Å². The van der Waals surface area contributed by atoms with Crippen molar-refractivity contribution in [3.63, 3.8) is 0 Å². The fraction of sp³-hybridized carbons (Fsp3) is 0.323. The third-order valence-corrected chi connectivity index (χ3v) is 9.55. The SMILES string of the molecule is COc1ccc(CN2C3CC2CN(c2ccc(-c4cc(-c5ncc(C(C)(C)O)s5)cn5ncc(C#N)c45)cn2)C3)cn1. The van der Waals surface area contributed by atoms with Gasteiger partial charge in [-0.3, -0.25) is 4.90 Å². The first-order chi connectivity index (χ1) is 20.3. The lowest BCUT2D eigenvalue weighted by atomic mass is 9.87. The maximum absolute atomic E-state index is 10.4. The minimum atomic E-state index is -0.971. The molecule has 3 aliphatic heterocycles. The highest BCUT2D eigenvalue weighted by Gasteiger charge is 2.44. The lowest BCUT2D eigenvalue weighted by molar-refractivity contribution is -0.00876. The summed E-state index contributed by atoms with van der Waals surface area (Å²) in [5.41, 5.74) is 4.08. The van der Waals surface area contributed by atoms with Gasteiger partial charge >= 0.3 is 0 Å². The van der Waals surface area contributed by atoms with E-state index >= 15 is 0 Å². The second-order valence-electron chi connectivity index (χ2n) is 11.4. The number of aliphatic hydroxyl groups is 1. The first kappa shape index (κ1) is 26.5. The largest absolute Gasteiger partial charge is 0.481 e. The summed E-state index contributed by atoms with van der Waals surface area (Å²) in [6.07, 6.45) is 10.2. The van der Waals surface area contributed by atoms with Crippen molar-refractivity contribution in [1.29, 1.82) is 5.26 Å². The maximum Gasteiger partial charge on any atom is 0.212 e. The summed E-state index contributed by atoms with van der Waals surface area (Å²) in [5, 5.41) is 25.4. The van der Waals surface area contributed by atoms with E-state index < -0.39 is 5.60 Å². The number of piperazine rings is 1. The molecule has 3 saturated heterocycles. The van der Waals surface area contributed by atoms with Crippen LogP contribution in [0.5, 0.6) is 5.88 Å². The highest BCUT2D eigenvalue weighted by Crippen LogP contribution is 2.38. The molecule has 0 saturated carbocycles. The van der Waals surface area contributed by atoms with Gasteiger partial charge in [-0.25, -0.2) is 19.5 Å². The molecule has 8 rings (SSSR count). The molecular formula is C31H30N8O2S. The third kappa shape index (κ3) is 4.67. The van der Waals surface area contributed by atoms with Gasteiger partial charge in [0.2, 0.25) is 5.88 Å². The van der Waals surface area contributed by atoms with Gasteiger partial charge in [0.15, 0.2) is 0 Å². The minimum Gasteiger partial charge on any atom is -0.481 e. The molecule has 10 nitrogen and oxygen atoms in total. The first-order valence-electron chi connectivity index (χ1n) is 13.9. The fourth-order valence-corrected chi connectivity index (χ4v) is 6.83. The number of nitrogens with zero attached hydrogens (tertiary/aromatic N) is 8. The Morgan fingerprint density at radius 2 is 1.88 bits per heavy atom. The van der Waals surface area contributed by atoms with Gasteiger partial charge in [0.1, 0.15) is 16.9 Å². The molecule has 3 fully saturated rings. The summed E-state index contributed by atoms with van der Waals surface area (Å²) in [5.74, 6) is 1.59. The number of thiazole rings is 1. The molecule has 2 unspecified atom stereocenters. The van der Waals surface area contributed by atoms with Crippen molar-refractivity contribution in [2.24, 2.45) is 0 Å². The van der Waals surface area contributed by atoms with Gasteiger partial charge < -0.3 is 14.7 Å².